The molecule has 4 heterocycles. The Morgan fingerprint density at radius 3 is 2.85 bits per heavy atom. The molecule has 4 rings (SSSR count). The molecule has 0 atom stereocenters. The van der Waals surface area contributed by atoms with Crippen LogP contribution in [0.5, 0.6) is 0 Å². The van der Waals surface area contributed by atoms with E-state index in [1.165, 1.54) is 4.88 Å². The maximum Gasteiger partial charge on any atom is 0.246 e. The van der Waals surface area contributed by atoms with Gasteiger partial charge in [-0.3, -0.25) is 9.69 Å². The van der Waals surface area contributed by atoms with Crippen molar-refractivity contribution in [3.8, 4) is 0 Å². The molecule has 0 aromatic carbocycles. The molecule has 0 saturated carbocycles. The van der Waals surface area contributed by atoms with Crippen LogP contribution in [0.15, 0.2) is 59.0 Å². The van der Waals surface area contributed by atoms with E-state index in [4.69, 9.17) is 4.42 Å². The van der Waals surface area contributed by atoms with E-state index in [-0.39, 0.29) is 5.91 Å². The summed E-state index contributed by atoms with van der Waals surface area (Å²) >= 11 is 1.78. The Bertz CT molecular complexity index is 804. The number of piperidine rings is 1. The van der Waals surface area contributed by atoms with Gasteiger partial charge in [0.25, 0.3) is 0 Å². The van der Waals surface area contributed by atoms with E-state index in [2.05, 4.69) is 32.7 Å². The Labute approximate surface area is 156 Å². The lowest BCUT2D eigenvalue weighted by molar-refractivity contribution is -0.133. The molecule has 3 aromatic rings. The molecule has 136 valence electrons. The highest BCUT2D eigenvalue weighted by atomic mass is 32.1. The van der Waals surface area contributed by atoms with Crippen LogP contribution >= 0.6 is 11.3 Å². The van der Waals surface area contributed by atoms with Gasteiger partial charge in [0.15, 0.2) is 0 Å². The molecule has 6 nitrogen and oxygen atoms in total. The summed E-state index contributed by atoms with van der Waals surface area (Å²) in [6.07, 6.45) is 8.52. The van der Waals surface area contributed by atoms with Crippen LogP contribution in [0, 0.1) is 0 Å². The second-order valence-electron chi connectivity index (χ2n) is 6.62. The van der Waals surface area contributed by atoms with Crippen molar-refractivity contribution in [2.75, 3.05) is 13.1 Å². The first-order valence-corrected chi connectivity index (χ1v) is 9.68. The van der Waals surface area contributed by atoms with Gasteiger partial charge in [-0.2, -0.15) is 0 Å². The molecule has 0 aliphatic carbocycles. The molecule has 7 heteroatoms. The highest BCUT2D eigenvalue weighted by Crippen LogP contribution is 2.31. The van der Waals surface area contributed by atoms with E-state index >= 15 is 0 Å². The zero-order chi connectivity index (χ0) is 17.8. The summed E-state index contributed by atoms with van der Waals surface area (Å²) in [5.41, 5.74) is -0.588. The van der Waals surface area contributed by atoms with Crippen molar-refractivity contribution in [3.05, 3.63) is 65.3 Å². The second kappa shape index (κ2) is 7.47. The average molecular weight is 370 g/mol. The van der Waals surface area contributed by atoms with Crippen LogP contribution in [0.1, 0.15) is 23.5 Å². The highest BCUT2D eigenvalue weighted by Gasteiger charge is 2.42. The summed E-state index contributed by atoms with van der Waals surface area (Å²) in [6.45, 7) is 3.11. The number of furan rings is 1. The maximum absolute atomic E-state index is 13.1. The summed E-state index contributed by atoms with van der Waals surface area (Å²) in [5, 5.41) is 5.15. The van der Waals surface area contributed by atoms with Gasteiger partial charge in [0.1, 0.15) is 11.3 Å². The molecule has 1 saturated heterocycles. The minimum Gasteiger partial charge on any atom is -0.467 e. The summed E-state index contributed by atoms with van der Waals surface area (Å²) < 4.78 is 7.29. The topological polar surface area (TPSA) is 63.3 Å². The first-order chi connectivity index (χ1) is 12.8. The van der Waals surface area contributed by atoms with Crippen LogP contribution in [0.25, 0.3) is 0 Å². The molecule has 3 aromatic heterocycles. The molecule has 1 amide bonds. The van der Waals surface area contributed by atoms with Crippen molar-refractivity contribution in [2.45, 2.75) is 31.5 Å². The minimum absolute atomic E-state index is 0.0303. The number of likely N-dealkylation sites (tertiary alicyclic amines) is 1. The van der Waals surface area contributed by atoms with Gasteiger partial charge >= 0.3 is 0 Å². The number of rotatable bonds is 6. The van der Waals surface area contributed by atoms with E-state index < -0.39 is 5.54 Å². The van der Waals surface area contributed by atoms with Gasteiger partial charge in [-0.1, -0.05) is 6.07 Å². The molecule has 0 unspecified atom stereocenters. The van der Waals surface area contributed by atoms with E-state index in [1.54, 1.807) is 30.1 Å². The van der Waals surface area contributed by atoms with Crippen LogP contribution in [0.3, 0.4) is 0 Å². The van der Waals surface area contributed by atoms with E-state index in [0.29, 0.717) is 6.54 Å². The number of hydrogen-bond acceptors (Lipinski definition) is 5. The van der Waals surface area contributed by atoms with Gasteiger partial charge in [-0.05, 0) is 36.4 Å². The molecule has 1 aliphatic heterocycles. The summed E-state index contributed by atoms with van der Waals surface area (Å²) in [7, 11) is 0. The van der Waals surface area contributed by atoms with Gasteiger partial charge in [0.2, 0.25) is 5.91 Å². The number of nitrogens with zero attached hydrogens (tertiary/aromatic N) is 3. The van der Waals surface area contributed by atoms with Gasteiger partial charge in [0.05, 0.1) is 19.1 Å². The predicted molar refractivity (Wildman–Crippen MR) is 99.6 cm³/mol. The van der Waals surface area contributed by atoms with Crippen molar-refractivity contribution >= 4 is 17.2 Å². The second-order valence-corrected chi connectivity index (χ2v) is 7.65. The molecule has 1 N–H and O–H groups in total. The van der Waals surface area contributed by atoms with Crippen molar-refractivity contribution in [2.24, 2.45) is 0 Å². The number of thiophene rings is 1. The number of hydrogen-bond donors (Lipinski definition) is 1. The quantitative estimate of drug-likeness (QED) is 0.725. The Balaban J connectivity index is 1.46. The molecule has 1 fully saturated rings. The van der Waals surface area contributed by atoms with Crippen molar-refractivity contribution in [1.29, 1.82) is 0 Å². The Kier molecular flexibility index (Phi) is 4.90. The zero-order valence-corrected chi connectivity index (χ0v) is 15.3. The van der Waals surface area contributed by atoms with Crippen molar-refractivity contribution in [3.63, 3.8) is 0 Å². The lowest BCUT2D eigenvalue weighted by Gasteiger charge is -2.41. The lowest BCUT2D eigenvalue weighted by Crippen LogP contribution is -2.54. The third-order valence-corrected chi connectivity index (χ3v) is 5.93. The first kappa shape index (κ1) is 17.1. The third-order valence-electron chi connectivity index (χ3n) is 5.07. The Morgan fingerprint density at radius 2 is 2.19 bits per heavy atom. The minimum atomic E-state index is -0.588. The third kappa shape index (κ3) is 3.45. The van der Waals surface area contributed by atoms with Gasteiger partial charge in [-0.25, -0.2) is 4.98 Å². The first-order valence-electron chi connectivity index (χ1n) is 8.80. The number of carbonyl (C=O) groups is 1. The number of nitrogens with one attached hydrogen (secondary N) is 1. The fourth-order valence-corrected chi connectivity index (χ4v) is 4.31. The smallest absolute Gasteiger partial charge is 0.246 e. The van der Waals surface area contributed by atoms with Crippen LogP contribution in [0.2, 0.25) is 0 Å². The van der Waals surface area contributed by atoms with Crippen molar-refractivity contribution < 1.29 is 9.21 Å². The largest absolute Gasteiger partial charge is 0.467 e. The van der Waals surface area contributed by atoms with Crippen LogP contribution in [-0.4, -0.2) is 33.4 Å². The molecule has 26 heavy (non-hydrogen) atoms. The van der Waals surface area contributed by atoms with E-state index in [9.17, 15) is 4.79 Å². The van der Waals surface area contributed by atoms with Crippen LogP contribution in [-0.2, 0) is 23.4 Å². The van der Waals surface area contributed by atoms with Gasteiger partial charge in [0, 0.05) is 36.9 Å². The fourth-order valence-electron chi connectivity index (χ4n) is 3.56. The maximum atomic E-state index is 13.1. The van der Waals surface area contributed by atoms with E-state index in [0.717, 1.165) is 38.2 Å². The normalized spacial score (nSPS) is 17.2. The standard InChI is InChI=1S/C19H22N4O2S/c24-18(21-13-16-3-1-11-25-16)19(23-10-7-20-15-23)5-8-22(9-6-19)14-17-4-2-12-26-17/h1-4,7,10-12,15H,5-6,8-9,13-14H2,(H,21,24). The summed E-state index contributed by atoms with van der Waals surface area (Å²) in [4.78, 5) is 21.1. The Hall–Kier alpha value is -2.38. The fraction of sp³-hybridized carbons (Fsp3) is 0.368. The summed E-state index contributed by atoms with van der Waals surface area (Å²) in [6, 6.07) is 7.95. The molecular weight excluding hydrogens is 348 g/mol. The van der Waals surface area contributed by atoms with Crippen molar-refractivity contribution in [1.82, 2.24) is 19.8 Å². The molecule has 1 aliphatic rings. The molecular formula is C19H22N4O2S. The number of imidazole rings is 1. The van der Waals surface area contributed by atoms with Gasteiger partial charge < -0.3 is 14.3 Å². The highest BCUT2D eigenvalue weighted by molar-refractivity contribution is 7.09. The Morgan fingerprint density at radius 1 is 1.31 bits per heavy atom. The predicted octanol–water partition coefficient (Wildman–Crippen LogP) is 2.85. The SMILES string of the molecule is O=C(NCc1ccco1)C1(n2ccnc2)CCN(Cc2cccs2)CC1. The van der Waals surface area contributed by atoms with Gasteiger partial charge in [-0.15, -0.1) is 11.3 Å². The number of aromatic nitrogens is 2. The lowest BCUT2D eigenvalue weighted by atomic mass is 9.86. The molecule has 0 spiro atoms. The summed E-state index contributed by atoms with van der Waals surface area (Å²) in [5.74, 6) is 0.789. The van der Waals surface area contributed by atoms with Crippen LogP contribution in [0.4, 0.5) is 0 Å². The zero-order valence-electron chi connectivity index (χ0n) is 14.5. The average Bonchev–Trinajstić information content (AvgIpc) is 3.43. The number of amides is 1. The monoisotopic (exact) mass is 370 g/mol. The van der Waals surface area contributed by atoms with E-state index in [1.807, 2.05) is 22.9 Å². The molecule has 0 bridgehead atoms. The van der Waals surface area contributed by atoms with Crippen LogP contribution < -0.4 is 5.32 Å². The molecule has 0 radical (unpaired) electrons. The number of carbonyl (C=O) groups excluding carboxylic acids is 1.